The Morgan fingerprint density at radius 3 is 2.91 bits per heavy atom. The number of benzene rings is 1. The Balaban J connectivity index is 1.62. The molecule has 1 N–H and O–H groups in total. The number of aromatic amines is 1. The van der Waals surface area contributed by atoms with E-state index >= 15 is 0 Å². The molecule has 0 aliphatic carbocycles. The van der Waals surface area contributed by atoms with Gasteiger partial charge in [0.05, 0.1) is 17.6 Å². The monoisotopic (exact) mass is 320 g/mol. The van der Waals surface area contributed by atoms with Crippen LogP contribution in [0.25, 0.3) is 11.3 Å². The number of rotatable bonds is 6. The topological polar surface area (TPSA) is 76.8 Å². The number of methoxy groups -OCH3 is 1. The van der Waals surface area contributed by atoms with E-state index in [-0.39, 0.29) is 5.82 Å². The van der Waals surface area contributed by atoms with Gasteiger partial charge < -0.3 is 14.2 Å². The van der Waals surface area contributed by atoms with Crippen LogP contribution >= 0.6 is 11.8 Å². The summed E-state index contributed by atoms with van der Waals surface area (Å²) in [5.74, 6) is 1.27. The first-order chi connectivity index (χ1) is 10.7. The second-order valence-electron chi connectivity index (χ2n) is 4.43. The minimum Gasteiger partial charge on any atom is -0.377 e. The van der Waals surface area contributed by atoms with Gasteiger partial charge in [-0.2, -0.15) is 4.98 Å². The third-order valence-electron chi connectivity index (χ3n) is 2.82. The van der Waals surface area contributed by atoms with Gasteiger partial charge in [-0.1, -0.05) is 16.9 Å². The molecular formula is C14H13FN4O2S. The number of nitrogens with zero attached hydrogens (tertiary/aromatic N) is 3. The van der Waals surface area contributed by atoms with Gasteiger partial charge in [-0.05, 0) is 29.8 Å². The zero-order chi connectivity index (χ0) is 15.4. The maximum atomic E-state index is 12.9. The normalized spacial score (nSPS) is 11.0. The second kappa shape index (κ2) is 6.71. The van der Waals surface area contributed by atoms with E-state index in [9.17, 15) is 4.39 Å². The predicted octanol–water partition coefficient (Wildman–Crippen LogP) is 3.04. The fourth-order valence-corrected chi connectivity index (χ4v) is 2.51. The van der Waals surface area contributed by atoms with Crippen molar-refractivity contribution < 1.29 is 13.7 Å². The zero-order valence-corrected chi connectivity index (χ0v) is 12.6. The van der Waals surface area contributed by atoms with Crippen molar-refractivity contribution in [3.05, 3.63) is 48.0 Å². The Kier molecular flexibility index (Phi) is 4.50. The Hall–Kier alpha value is -2.19. The van der Waals surface area contributed by atoms with E-state index in [1.165, 1.54) is 23.9 Å². The van der Waals surface area contributed by atoms with Crippen molar-refractivity contribution in [2.75, 3.05) is 7.11 Å². The zero-order valence-electron chi connectivity index (χ0n) is 11.7. The van der Waals surface area contributed by atoms with Crippen LogP contribution in [0.1, 0.15) is 11.7 Å². The van der Waals surface area contributed by atoms with Crippen LogP contribution in [0.3, 0.4) is 0 Å². The summed E-state index contributed by atoms with van der Waals surface area (Å²) in [6.45, 7) is 0.323. The van der Waals surface area contributed by atoms with E-state index in [0.29, 0.717) is 24.1 Å². The molecule has 1 aromatic carbocycles. The molecule has 8 heteroatoms. The van der Waals surface area contributed by atoms with Crippen LogP contribution in [-0.4, -0.2) is 27.2 Å². The lowest BCUT2D eigenvalue weighted by atomic mass is 10.2. The summed E-state index contributed by atoms with van der Waals surface area (Å²) in [5.41, 5.74) is 1.70. The third kappa shape index (κ3) is 3.52. The second-order valence-corrected chi connectivity index (χ2v) is 5.40. The Bertz CT molecular complexity index is 741. The lowest BCUT2D eigenvalue weighted by Gasteiger charge is -1.96. The van der Waals surface area contributed by atoms with Gasteiger partial charge in [-0.15, -0.1) is 0 Å². The summed E-state index contributed by atoms with van der Waals surface area (Å²) in [5, 5.41) is 4.52. The molecule has 114 valence electrons. The molecule has 0 bridgehead atoms. The molecule has 0 saturated carbocycles. The van der Waals surface area contributed by atoms with E-state index in [1.807, 2.05) is 0 Å². The molecule has 0 atom stereocenters. The van der Waals surface area contributed by atoms with E-state index in [4.69, 9.17) is 9.26 Å². The lowest BCUT2D eigenvalue weighted by Crippen LogP contribution is -1.90. The first-order valence-corrected chi connectivity index (χ1v) is 7.47. The average Bonchev–Trinajstić information content (AvgIpc) is 3.16. The summed E-state index contributed by atoms with van der Waals surface area (Å²) in [6, 6.07) is 6.23. The smallest absolute Gasteiger partial charge is 0.237 e. The van der Waals surface area contributed by atoms with Gasteiger partial charge in [-0.3, -0.25) is 0 Å². The highest BCUT2D eigenvalue weighted by Gasteiger charge is 2.09. The molecule has 0 fully saturated rings. The number of imidazole rings is 1. The van der Waals surface area contributed by atoms with E-state index < -0.39 is 0 Å². The highest BCUT2D eigenvalue weighted by Crippen LogP contribution is 2.23. The fraction of sp³-hybridized carbons (Fsp3) is 0.214. The molecule has 2 aromatic heterocycles. The number of halogens is 1. The molecule has 0 aliphatic heterocycles. The van der Waals surface area contributed by atoms with Crippen molar-refractivity contribution >= 4 is 11.8 Å². The summed E-state index contributed by atoms with van der Waals surface area (Å²) in [6.07, 6.45) is 1.71. The van der Waals surface area contributed by atoms with Crippen molar-refractivity contribution in [2.45, 2.75) is 17.5 Å². The summed E-state index contributed by atoms with van der Waals surface area (Å²) < 4.78 is 22.9. The molecule has 6 nitrogen and oxygen atoms in total. The summed E-state index contributed by atoms with van der Waals surface area (Å²) >= 11 is 1.45. The number of H-pyrrole nitrogens is 1. The molecule has 0 saturated heterocycles. The fourth-order valence-electron chi connectivity index (χ4n) is 1.82. The van der Waals surface area contributed by atoms with Crippen LogP contribution in [0.5, 0.6) is 0 Å². The largest absolute Gasteiger partial charge is 0.377 e. The summed E-state index contributed by atoms with van der Waals surface area (Å²) in [4.78, 5) is 11.6. The number of hydrogen-bond donors (Lipinski definition) is 1. The highest BCUT2D eigenvalue weighted by atomic mass is 32.2. The molecule has 22 heavy (non-hydrogen) atoms. The lowest BCUT2D eigenvalue weighted by molar-refractivity contribution is 0.174. The number of nitrogens with one attached hydrogen (secondary N) is 1. The molecule has 0 radical (unpaired) electrons. The molecule has 0 amide bonds. The van der Waals surface area contributed by atoms with Crippen molar-refractivity contribution in [3.63, 3.8) is 0 Å². The number of aromatic nitrogens is 4. The van der Waals surface area contributed by atoms with Gasteiger partial charge in [0.1, 0.15) is 12.4 Å². The SMILES string of the molecule is COCc1noc(CSc2ncc(-c3ccc(F)cc3)[nH]2)n1. The van der Waals surface area contributed by atoms with Gasteiger partial charge in [0, 0.05) is 7.11 Å². The minimum atomic E-state index is -0.263. The Morgan fingerprint density at radius 1 is 1.32 bits per heavy atom. The van der Waals surface area contributed by atoms with Gasteiger partial charge in [0.25, 0.3) is 0 Å². The van der Waals surface area contributed by atoms with E-state index in [2.05, 4.69) is 20.1 Å². The molecular weight excluding hydrogens is 307 g/mol. The minimum absolute atomic E-state index is 0.263. The van der Waals surface area contributed by atoms with Crippen molar-refractivity contribution in [2.24, 2.45) is 0 Å². The molecule has 0 spiro atoms. The number of ether oxygens (including phenoxy) is 1. The average molecular weight is 320 g/mol. The Morgan fingerprint density at radius 2 is 2.14 bits per heavy atom. The standard InChI is InChI=1S/C14H13FN4O2S/c1-20-7-12-18-13(21-19-12)8-22-14-16-6-11(17-14)9-2-4-10(15)5-3-9/h2-6H,7-8H2,1H3,(H,16,17). The van der Waals surface area contributed by atoms with Crippen molar-refractivity contribution in [3.8, 4) is 11.3 Å². The Labute approximate surface area is 130 Å². The van der Waals surface area contributed by atoms with Crippen LogP contribution in [-0.2, 0) is 17.1 Å². The van der Waals surface area contributed by atoms with Crippen molar-refractivity contribution in [1.82, 2.24) is 20.1 Å². The molecule has 0 aliphatic rings. The predicted molar refractivity (Wildman–Crippen MR) is 78.6 cm³/mol. The number of hydrogen-bond acceptors (Lipinski definition) is 6. The van der Waals surface area contributed by atoms with Gasteiger partial charge >= 0.3 is 0 Å². The van der Waals surface area contributed by atoms with Crippen molar-refractivity contribution in [1.29, 1.82) is 0 Å². The third-order valence-corrected chi connectivity index (χ3v) is 3.70. The van der Waals surface area contributed by atoms with Gasteiger partial charge in [-0.25, -0.2) is 9.37 Å². The van der Waals surface area contributed by atoms with Crippen LogP contribution in [0.15, 0.2) is 40.1 Å². The van der Waals surface area contributed by atoms with Crippen LogP contribution < -0.4 is 0 Å². The van der Waals surface area contributed by atoms with Gasteiger partial charge in [0.2, 0.25) is 5.89 Å². The first kappa shape index (κ1) is 14.7. The van der Waals surface area contributed by atoms with Gasteiger partial charge in [0.15, 0.2) is 11.0 Å². The van der Waals surface area contributed by atoms with Crippen LogP contribution in [0, 0.1) is 5.82 Å². The molecule has 3 aromatic rings. The van der Waals surface area contributed by atoms with Crippen LogP contribution in [0.2, 0.25) is 0 Å². The number of thioether (sulfide) groups is 1. The molecule has 2 heterocycles. The summed E-state index contributed by atoms with van der Waals surface area (Å²) in [7, 11) is 1.57. The quantitative estimate of drug-likeness (QED) is 0.704. The van der Waals surface area contributed by atoms with Crippen LogP contribution in [0.4, 0.5) is 4.39 Å². The highest BCUT2D eigenvalue weighted by molar-refractivity contribution is 7.98. The molecule has 0 unspecified atom stereocenters. The van der Waals surface area contributed by atoms with E-state index in [0.717, 1.165) is 16.4 Å². The first-order valence-electron chi connectivity index (χ1n) is 6.49. The molecule has 3 rings (SSSR count). The maximum Gasteiger partial charge on any atom is 0.237 e. The van der Waals surface area contributed by atoms with E-state index in [1.54, 1.807) is 25.4 Å². The maximum absolute atomic E-state index is 12.9.